The molecule has 0 heterocycles. The third kappa shape index (κ3) is 4.82. The van der Waals surface area contributed by atoms with Crippen LogP contribution in [-0.4, -0.2) is 41.5 Å². The Balaban J connectivity index is 2.60. The maximum absolute atomic E-state index is 12.3. The molecule has 1 rings (SSSR count). The summed E-state index contributed by atoms with van der Waals surface area (Å²) in [5, 5.41) is 0. The molecule has 1 aliphatic carbocycles. The standard InChI is InChI=1S/C14H26N2O3/c1-4-19-13(18)10-16(11(2)3)12(17)9-14(15)7-5-6-8-14/h11H,4-10,15H2,1-3H3. The number of nitrogens with zero attached hydrogens (tertiary/aromatic N) is 1. The number of rotatable bonds is 6. The number of carbonyl (C=O) groups is 2. The number of hydrogen-bond donors (Lipinski definition) is 1. The molecule has 0 aromatic carbocycles. The Morgan fingerprint density at radius 3 is 2.37 bits per heavy atom. The first-order valence-electron chi connectivity index (χ1n) is 7.12. The summed E-state index contributed by atoms with van der Waals surface area (Å²) in [5.41, 5.74) is 5.85. The van der Waals surface area contributed by atoms with Crippen molar-refractivity contribution >= 4 is 11.9 Å². The van der Waals surface area contributed by atoms with Crippen molar-refractivity contribution in [1.29, 1.82) is 0 Å². The molecule has 0 bridgehead atoms. The normalized spacial score (nSPS) is 17.5. The summed E-state index contributed by atoms with van der Waals surface area (Å²) < 4.78 is 4.90. The third-order valence-electron chi connectivity index (χ3n) is 3.65. The molecule has 5 nitrogen and oxygen atoms in total. The molecule has 1 amide bonds. The Hall–Kier alpha value is -1.10. The van der Waals surface area contributed by atoms with Crippen molar-refractivity contribution < 1.29 is 14.3 Å². The van der Waals surface area contributed by atoms with Crippen LogP contribution in [0.2, 0.25) is 0 Å². The van der Waals surface area contributed by atoms with Gasteiger partial charge in [0.05, 0.1) is 6.61 Å². The summed E-state index contributed by atoms with van der Waals surface area (Å²) in [5.74, 6) is -0.408. The van der Waals surface area contributed by atoms with Gasteiger partial charge in [0.2, 0.25) is 5.91 Å². The Morgan fingerprint density at radius 1 is 1.32 bits per heavy atom. The molecule has 0 unspecified atom stereocenters. The number of ether oxygens (including phenoxy) is 1. The van der Waals surface area contributed by atoms with Crippen molar-refractivity contribution in [3.05, 3.63) is 0 Å². The summed E-state index contributed by atoms with van der Waals surface area (Å²) in [7, 11) is 0. The molecule has 0 aliphatic heterocycles. The lowest BCUT2D eigenvalue weighted by Crippen LogP contribution is -2.47. The highest BCUT2D eigenvalue weighted by Gasteiger charge is 2.34. The largest absolute Gasteiger partial charge is 0.465 e. The molecule has 0 aromatic heterocycles. The monoisotopic (exact) mass is 270 g/mol. The van der Waals surface area contributed by atoms with Crippen LogP contribution in [0.25, 0.3) is 0 Å². The fourth-order valence-corrected chi connectivity index (χ4v) is 2.56. The van der Waals surface area contributed by atoms with Crippen molar-refractivity contribution in [2.45, 2.75) is 64.5 Å². The zero-order valence-electron chi connectivity index (χ0n) is 12.3. The van der Waals surface area contributed by atoms with Crippen LogP contribution in [0.5, 0.6) is 0 Å². The average molecular weight is 270 g/mol. The molecule has 0 saturated heterocycles. The van der Waals surface area contributed by atoms with Gasteiger partial charge in [-0.2, -0.15) is 0 Å². The fourth-order valence-electron chi connectivity index (χ4n) is 2.56. The summed E-state index contributed by atoms with van der Waals surface area (Å²) in [4.78, 5) is 25.4. The highest BCUT2D eigenvalue weighted by Crippen LogP contribution is 2.30. The lowest BCUT2D eigenvalue weighted by atomic mass is 9.94. The van der Waals surface area contributed by atoms with E-state index in [9.17, 15) is 9.59 Å². The van der Waals surface area contributed by atoms with Gasteiger partial charge in [-0.05, 0) is 33.6 Å². The van der Waals surface area contributed by atoms with E-state index in [0.717, 1.165) is 25.7 Å². The molecule has 1 fully saturated rings. The number of esters is 1. The topological polar surface area (TPSA) is 72.6 Å². The molecule has 0 radical (unpaired) electrons. The molecule has 2 N–H and O–H groups in total. The lowest BCUT2D eigenvalue weighted by Gasteiger charge is -2.30. The van der Waals surface area contributed by atoms with Gasteiger partial charge in [-0.1, -0.05) is 12.8 Å². The van der Waals surface area contributed by atoms with Gasteiger partial charge in [-0.15, -0.1) is 0 Å². The van der Waals surface area contributed by atoms with E-state index in [1.165, 1.54) is 0 Å². The van der Waals surface area contributed by atoms with Crippen LogP contribution in [0.3, 0.4) is 0 Å². The summed E-state index contributed by atoms with van der Waals surface area (Å²) >= 11 is 0. The minimum absolute atomic E-state index is 0.0143. The van der Waals surface area contributed by atoms with Crippen LogP contribution in [0.15, 0.2) is 0 Å². The number of hydrogen-bond acceptors (Lipinski definition) is 4. The van der Waals surface area contributed by atoms with Gasteiger partial charge in [-0.3, -0.25) is 9.59 Å². The van der Waals surface area contributed by atoms with E-state index in [4.69, 9.17) is 10.5 Å². The Morgan fingerprint density at radius 2 is 1.89 bits per heavy atom. The van der Waals surface area contributed by atoms with Crippen LogP contribution in [0.4, 0.5) is 0 Å². The van der Waals surface area contributed by atoms with Crippen LogP contribution in [0.1, 0.15) is 52.9 Å². The van der Waals surface area contributed by atoms with Crippen LogP contribution in [0, 0.1) is 0 Å². The van der Waals surface area contributed by atoms with E-state index in [-0.39, 0.29) is 30.0 Å². The Bertz CT molecular complexity index is 323. The second-order valence-electron chi connectivity index (χ2n) is 5.67. The van der Waals surface area contributed by atoms with E-state index in [1.54, 1.807) is 11.8 Å². The molecule has 1 aliphatic rings. The molecule has 5 heteroatoms. The van der Waals surface area contributed by atoms with Gasteiger partial charge in [0.25, 0.3) is 0 Å². The second-order valence-corrected chi connectivity index (χ2v) is 5.67. The average Bonchev–Trinajstić information content (AvgIpc) is 2.72. The van der Waals surface area contributed by atoms with Crippen molar-refractivity contribution in [2.24, 2.45) is 5.73 Å². The summed E-state index contributed by atoms with van der Waals surface area (Å²) in [6, 6.07) is -0.0260. The minimum Gasteiger partial charge on any atom is -0.465 e. The fraction of sp³-hybridized carbons (Fsp3) is 0.857. The molecular weight excluding hydrogens is 244 g/mol. The number of amides is 1. The van der Waals surface area contributed by atoms with Crippen molar-refractivity contribution in [3.63, 3.8) is 0 Å². The maximum Gasteiger partial charge on any atom is 0.325 e. The molecule has 19 heavy (non-hydrogen) atoms. The molecule has 1 saturated carbocycles. The highest BCUT2D eigenvalue weighted by molar-refractivity contribution is 5.83. The SMILES string of the molecule is CCOC(=O)CN(C(=O)CC1(N)CCCC1)C(C)C. The van der Waals surface area contributed by atoms with Gasteiger partial charge in [0.1, 0.15) is 6.54 Å². The van der Waals surface area contributed by atoms with E-state index in [1.807, 2.05) is 13.8 Å². The van der Waals surface area contributed by atoms with Crippen LogP contribution < -0.4 is 5.73 Å². The van der Waals surface area contributed by atoms with Gasteiger partial charge in [0.15, 0.2) is 0 Å². The molecule has 110 valence electrons. The van der Waals surface area contributed by atoms with Crippen molar-refractivity contribution in [3.8, 4) is 0 Å². The first-order chi connectivity index (χ1) is 8.88. The zero-order chi connectivity index (χ0) is 14.5. The van der Waals surface area contributed by atoms with Crippen molar-refractivity contribution in [2.75, 3.05) is 13.2 Å². The van der Waals surface area contributed by atoms with E-state index >= 15 is 0 Å². The van der Waals surface area contributed by atoms with Crippen LogP contribution in [-0.2, 0) is 14.3 Å². The molecule has 0 atom stereocenters. The first kappa shape index (κ1) is 16.0. The van der Waals surface area contributed by atoms with E-state index < -0.39 is 0 Å². The second kappa shape index (κ2) is 6.89. The number of nitrogens with two attached hydrogens (primary N) is 1. The number of carbonyl (C=O) groups excluding carboxylic acids is 2. The smallest absolute Gasteiger partial charge is 0.325 e. The highest BCUT2D eigenvalue weighted by atomic mass is 16.5. The van der Waals surface area contributed by atoms with Gasteiger partial charge in [-0.25, -0.2) is 0 Å². The zero-order valence-corrected chi connectivity index (χ0v) is 12.3. The van der Waals surface area contributed by atoms with E-state index in [0.29, 0.717) is 13.0 Å². The lowest BCUT2D eigenvalue weighted by molar-refractivity contribution is -0.150. The third-order valence-corrected chi connectivity index (χ3v) is 3.65. The van der Waals surface area contributed by atoms with Gasteiger partial charge >= 0.3 is 5.97 Å². The summed E-state index contributed by atoms with van der Waals surface area (Å²) in [6.45, 7) is 5.90. The quantitative estimate of drug-likeness (QED) is 0.741. The predicted molar refractivity (Wildman–Crippen MR) is 73.5 cm³/mol. The molecule has 0 aromatic rings. The summed E-state index contributed by atoms with van der Waals surface area (Å²) in [6.07, 6.45) is 4.28. The molecular formula is C14H26N2O3. The minimum atomic E-state index is -0.376. The Kier molecular flexibility index (Phi) is 5.79. The first-order valence-corrected chi connectivity index (χ1v) is 7.12. The van der Waals surface area contributed by atoms with E-state index in [2.05, 4.69) is 0 Å². The molecule has 0 spiro atoms. The van der Waals surface area contributed by atoms with Gasteiger partial charge in [0, 0.05) is 18.0 Å². The van der Waals surface area contributed by atoms with Gasteiger partial charge < -0.3 is 15.4 Å². The van der Waals surface area contributed by atoms with Crippen LogP contribution >= 0.6 is 0 Å². The van der Waals surface area contributed by atoms with Crippen molar-refractivity contribution in [1.82, 2.24) is 4.90 Å². The Labute approximate surface area is 115 Å². The maximum atomic E-state index is 12.3. The predicted octanol–water partition coefficient (Wildman–Crippen LogP) is 1.45.